The third-order valence-electron chi connectivity index (χ3n) is 0. The molecule has 0 aromatic heterocycles. The van der Waals surface area contributed by atoms with Crippen molar-refractivity contribution in [3.8, 4) is 0 Å². The van der Waals surface area contributed by atoms with Crippen LogP contribution in [0, 0.1) is 15.3 Å². The standard InChI is InChI=1S/ClH.NO3.2Y/c;2-1(3)4;;/h1H;;;/q;-1;;+3. The van der Waals surface area contributed by atoms with Crippen LogP contribution in [0.2, 0.25) is 0 Å². The molecule has 7 heteroatoms. The molecule has 0 fully saturated rings. The molecule has 0 atom stereocenters. The van der Waals surface area contributed by atoms with Crippen LogP contribution in [-0.4, -0.2) is 5.09 Å². The fraction of sp³-hybridized carbons (Fsp3) is 0. The largest absolute Gasteiger partial charge is 3.00 e. The Bertz CT molecular complexity index is 35.9. The second-order valence-electron chi connectivity index (χ2n) is 0.224. The summed E-state index contributed by atoms with van der Waals surface area (Å²) in [6.45, 7) is 0. The molecule has 4 nitrogen and oxygen atoms in total. The molecule has 0 saturated carbocycles. The summed E-state index contributed by atoms with van der Waals surface area (Å²) >= 11 is 0. The van der Waals surface area contributed by atoms with Crippen molar-refractivity contribution < 1.29 is 70.5 Å². The molecular weight excluding hydrogens is 275 g/mol. The summed E-state index contributed by atoms with van der Waals surface area (Å²) in [4.78, 5) is 8.25. The van der Waals surface area contributed by atoms with E-state index in [0.717, 1.165) is 0 Å². The van der Waals surface area contributed by atoms with Gasteiger partial charge in [-0.15, -0.1) is 12.4 Å². The van der Waals surface area contributed by atoms with Crippen molar-refractivity contribution in [1.29, 1.82) is 0 Å². The molecule has 0 N–H and O–H groups in total. The van der Waals surface area contributed by atoms with Gasteiger partial charge in [-0.3, -0.25) is 0 Å². The van der Waals surface area contributed by atoms with Gasteiger partial charge in [0.2, 0.25) is 0 Å². The average Bonchev–Trinajstić information content (AvgIpc) is 0.811. The Morgan fingerprint density at radius 3 is 1.29 bits per heavy atom. The Balaban J connectivity index is -0.0000000150. The van der Waals surface area contributed by atoms with E-state index in [0.29, 0.717) is 0 Å². The Labute approximate surface area is 96.7 Å². The van der Waals surface area contributed by atoms with Gasteiger partial charge < -0.3 is 15.3 Å². The Morgan fingerprint density at radius 2 is 1.29 bits per heavy atom. The molecular formula is HClNO3Y2+2. The van der Waals surface area contributed by atoms with Crippen LogP contribution < -0.4 is 0 Å². The maximum absolute atomic E-state index is 8.25. The van der Waals surface area contributed by atoms with E-state index in [2.05, 4.69) is 0 Å². The number of halogens is 1. The van der Waals surface area contributed by atoms with Crippen LogP contribution in [0.3, 0.4) is 0 Å². The minimum absolute atomic E-state index is 0. The number of nitrogens with zero attached hydrogens (tertiary/aromatic N) is 1. The molecule has 35 valence electrons. The smallest absolute Gasteiger partial charge is 0.356 e. The van der Waals surface area contributed by atoms with Crippen molar-refractivity contribution in [2.45, 2.75) is 0 Å². The summed E-state index contributed by atoms with van der Waals surface area (Å²) in [7, 11) is 0. The van der Waals surface area contributed by atoms with Gasteiger partial charge in [0, 0.05) is 32.7 Å². The zero-order chi connectivity index (χ0) is 3.58. The maximum Gasteiger partial charge on any atom is 3.00 e. The first-order valence-corrected chi connectivity index (χ1v) is 0.548. The van der Waals surface area contributed by atoms with Crippen LogP contribution in [0.25, 0.3) is 0 Å². The van der Waals surface area contributed by atoms with Gasteiger partial charge in [0.1, 0.15) is 0 Å². The van der Waals surface area contributed by atoms with E-state index in [9.17, 15) is 0 Å². The molecule has 0 unspecified atom stereocenters. The molecule has 0 spiro atoms. The zero-order valence-electron chi connectivity index (χ0n) is 3.23. The van der Waals surface area contributed by atoms with Crippen molar-refractivity contribution in [3.05, 3.63) is 15.3 Å². The average molecular weight is 276 g/mol. The van der Waals surface area contributed by atoms with Crippen LogP contribution >= 0.6 is 12.4 Å². The van der Waals surface area contributed by atoms with Gasteiger partial charge in [-0.1, -0.05) is 0 Å². The van der Waals surface area contributed by atoms with Gasteiger partial charge in [0.15, 0.2) is 0 Å². The molecule has 0 bridgehead atoms. The SMILES string of the molecule is Cl.O=[N+]([O-])[O-].[Y+3].[Y]. The fourth-order valence-corrected chi connectivity index (χ4v) is 0. The molecule has 0 aromatic rings. The fourth-order valence-electron chi connectivity index (χ4n) is 0. The van der Waals surface area contributed by atoms with Crippen molar-refractivity contribution in [1.82, 2.24) is 0 Å². The first-order chi connectivity index (χ1) is 1.73. The second-order valence-corrected chi connectivity index (χ2v) is 0.224. The van der Waals surface area contributed by atoms with E-state index < -0.39 is 5.09 Å². The zero-order valence-corrected chi connectivity index (χ0v) is 9.73. The normalized spacial score (nSPS) is 3.43. The van der Waals surface area contributed by atoms with E-state index in [1.165, 1.54) is 0 Å². The van der Waals surface area contributed by atoms with Crippen molar-refractivity contribution in [2.24, 2.45) is 0 Å². The van der Waals surface area contributed by atoms with Crippen LogP contribution in [0.4, 0.5) is 0 Å². The van der Waals surface area contributed by atoms with Gasteiger partial charge in [0.25, 0.3) is 0 Å². The number of rotatable bonds is 0. The summed E-state index contributed by atoms with van der Waals surface area (Å²) in [5.41, 5.74) is 0. The van der Waals surface area contributed by atoms with Crippen molar-refractivity contribution in [2.75, 3.05) is 0 Å². The minimum atomic E-state index is -1.75. The van der Waals surface area contributed by atoms with E-state index in [-0.39, 0.29) is 77.8 Å². The first-order valence-electron chi connectivity index (χ1n) is 0.548. The predicted octanol–water partition coefficient (Wildman–Crippen LogP) is 0.178. The summed E-state index contributed by atoms with van der Waals surface area (Å²) < 4.78 is 0. The van der Waals surface area contributed by atoms with Crippen molar-refractivity contribution in [3.63, 3.8) is 0 Å². The van der Waals surface area contributed by atoms with Crippen LogP contribution in [-0.2, 0) is 65.4 Å². The van der Waals surface area contributed by atoms with Crippen LogP contribution in [0.5, 0.6) is 0 Å². The van der Waals surface area contributed by atoms with E-state index in [1.807, 2.05) is 0 Å². The third-order valence-corrected chi connectivity index (χ3v) is 0. The van der Waals surface area contributed by atoms with Gasteiger partial charge in [-0.2, -0.15) is 0 Å². The maximum atomic E-state index is 8.25. The molecule has 0 rings (SSSR count). The molecule has 0 saturated heterocycles. The molecule has 0 amide bonds. The summed E-state index contributed by atoms with van der Waals surface area (Å²) in [6, 6.07) is 0. The molecule has 0 aromatic carbocycles. The quantitative estimate of drug-likeness (QED) is 0.468. The van der Waals surface area contributed by atoms with Crippen LogP contribution in [0.1, 0.15) is 0 Å². The minimum Gasteiger partial charge on any atom is -0.356 e. The van der Waals surface area contributed by atoms with Gasteiger partial charge in [-0.05, 0) is 0 Å². The second kappa shape index (κ2) is 15.6. The molecule has 0 aliphatic heterocycles. The van der Waals surface area contributed by atoms with Gasteiger partial charge in [-0.25, -0.2) is 0 Å². The van der Waals surface area contributed by atoms with E-state index in [1.54, 1.807) is 0 Å². The Morgan fingerprint density at radius 1 is 1.29 bits per heavy atom. The Kier molecular flexibility index (Phi) is 52.2. The summed E-state index contributed by atoms with van der Waals surface area (Å²) in [5, 5.41) is 14.8. The predicted molar refractivity (Wildman–Crippen MR) is 17.6 cm³/mol. The number of hydrogen-bond acceptors (Lipinski definition) is 3. The summed E-state index contributed by atoms with van der Waals surface area (Å²) in [6.07, 6.45) is 0. The monoisotopic (exact) mass is 276 g/mol. The molecule has 0 aliphatic carbocycles. The van der Waals surface area contributed by atoms with Gasteiger partial charge in [0.05, 0.1) is 5.09 Å². The van der Waals surface area contributed by atoms with E-state index in [4.69, 9.17) is 15.3 Å². The third kappa shape index (κ3) is 86.7. The van der Waals surface area contributed by atoms with Crippen molar-refractivity contribution >= 4 is 12.4 Å². The topological polar surface area (TPSA) is 66.2 Å². The molecule has 0 aliphatic rings. The molecule has 1 radical (unpaired) electrons. The van der Waals surface area contributed by atoms with Crippen LogP contribution in [0.15, 0.2) is 0 Å². The number of hydrogen-bond donors (Lipinski definition) is 0. The Hall–Kier alpha value is 1.70. The summed E-state index contributed by atoms with van der Waals surface area (Å²) in [5.74, 6) is 0. The molecule has 0 heterocycles. The molecule has 7 heavy (non-hydrogen) atoms. The first kappa shape index (κ1) is 23.4. The van der Waals surface area contributed by atoms with E-state index >= 15 is 0 Å². The van der Waals surface area contributed by atoms with Gasteiger partial charge >= 0.3 is 32.7 Å².